The predicted molar refractivity (Wildman–Crippen MR) is 76.8 cm³/mol. The standard InChI is InChI=1S/C10H13N2O10PS/c13-5-1-3(9(16)17)12(10(24)11-5)8-7(15)6(14)4(22-8)2-21-23(18,19)20/h1,4,6-8,14-15H,2H2,(H,16,17)(H,11,13,24)(H2,18,19,20)/t4-,6-,7-,8-/m1/s1. The molecular formula is C10H13N2O10PS. The summed E-state index contributed by atoms with van der Waals surface area (Å²) in [4.78, 5) is 42.1. The molecule has 0 unspecified atom stereocenters. The van der Waals surface area contributed by atoms with E-state index in [1.54, 1.807) is 0 Å². The molecule has 134 valence electrons. The van der Waals surface area contributed by atoms with Crippen molar-refractivity contribution < 1.29 is 43.7 Å². The smallest absolute Gasteiger partial charge is 0.469 e. The van der Waals surface area contributed by atoms with Gasteiger partial charge in [0, 0.05) is 6.07 Å². The first-order chi connectivity index (χ1) is 11.0. The number of aromatic amines is 1. The summed E-state index contributed by atoms with van der Waals surface area (Å²) in [6.45, 7) is -0.766. The molecule has 1 aromatic rings. The third kappa shape index (κ3) is 3.96. The lowest BCUT2D eigenvalue weighted by Gasteiger charge is -2.20. The SMILES string of the molecule is O=C(O)c1cc(=O)[nH]c(=S)n1[C@@H]1O[C@H](COP(=O)(O)O)[C@@H](O)[C@H]1O. The summed E-state index contributed by atoms with van der Waals surface area (Å²) < 4.78 is 20.5. The van der Waals surface area contributed by atoms with Gasteiger partial charge < -0.3 is 29.8 Å². The number of rotatable bonds is 5. The van der Waals surface area contributed by atoms with Gasteiger partial charge >= 0.3 is 13.8 Å². The van der Waals surface area contributed by atoms with E-state index in [4.69, 9.17) is 31.8 Å². The molecule has 2 heterocycles. The fraction of sp³-hybridized carbons (Fsp3) is 0.500. The first kappa shape index (κ1) is 18.9. The van der Waals surface area contributed by atoms with E-state index < -0.39 is 56.2 Å². The van der Waals surface area contributed by atoms with E-state index in [1.807, 2.05) is 0 Å². The van der Waals surface area contributed by atoms with Crippen LogP contribution >= 0.6 is 20.0 Å². The van der Waals surface area contributed by atoms with E-state index in [1.165, 1.54) is 0 Å². The van der Waals surface area contributed by atoms with E-state index in [0.29, 0.717) is 6.07 Å². The van der Waals surface area contributed by atoms with Crippen molar-refractivity contribution >= 4 is 26.0 Å². The molecular weight excluding hydrogens is 371 g/mol. The van der Waals surface area contributed by atoms with E-state index in [-0.39, 0.29) is 4.77 Å². The minimum Gasteiger partial charge on any atom is -0.477 e. The van der Waals surface area contributed by atoms with Crippen LogP contribution in [0.1, 0.15) is 16.7 Å². The lowest BCUT2D eigenvalue weighted by Crippen LogP contribution is -2.34. The van der Waals surface area contributed by atoms with Crippen LogP contribution < -0.4 is 5.56 Å². The average Bonchev–Trinajstić information content (AvgIpc) is 2.71. The van der Waals surface area contributed by atoms with E-state index in [9.17, 15) is 24.4 Å². The average molecular weight is 384 g/mol. The number of carbonyl (C=O) groups is 1. The molecule has 0 radical (unpaired) electrons. The molecule has 0 amide bonds. The van der Waals surface area contributed by atoms with Gasteiger partial charge in [0.2, 0.25) is 0 Å². The quantitative estimate of drug-likeness (QED) is 0.251. The number of nitrogens with zero attached hydrogens (tertiary/aromatic N) is 1. The highest BCUT2D eigenvalue weighted by Crippen LogP contribution is 2.38. The Bertz CT molecular complexity index is 800. The second-order valence-corrected chi connectivity index (χ2v) is 6.46. The molecule has 12 nitrogen and oxygen atoms in total. The number of carboxylic acid groups (broad SMARTS) is 1. The minimum atomic E-state index is -4.84. The summed E-state index contributed by atoms with van der Waals surface area (Å²) in [6, 6.07) is 0.708. The summed E-state index contributed by atoms with van der Waals surface area (Å²) in [5.74, 6) is -1.53. The van der Waals surface area contributed by atoms with Gasteiger partial charge in [-0.3, -0.25) is 18.9 Å². The van der Waals surface area contributed by atoms with E-state index in [0.717, 1.165) is 4.57 Å². The van der Waals surface area contributed by atoms with Gasteiger partial charge in [-0.1, -0.05) is 0 Å². The van der Waals surface area contributed by atoms with Crippen molar-refractivity contribution in [2.75, 3.05) is 6.61 Å². The molecule has 14 heteroatoms. The first-order valence-electron chi connectivity index (χ1n) is 6.32. The number of ether oxygens (including phenoxy) is 1. The number of aromatic carboxylic acids is 1. The Morgan fingerprint density at radius 2 is 2.04 bits per heavy atom. The molecule has 6 N–H and O–H groups in total. The van der Waals surface area contributed by atoms with E-state index >= 15 is 0 Å². The second kappa shape index (κ2) is 6.82. The summed E-state index contributed by atoms with van der Waals surface area (Å²) in [6.07, 6.45) is -6.21. The molecule has 0 bridgehead atoms. The van der Waals surface area contributed by atoms with Crippen molar-refractivity contribution in [2.24, 2.45) is 0 Å². The largest absolute Gasteiger partial charge is 0.477 e. The number of H-pyrrole nitrogens is 1. The molecule has 0 saturated carbocycles. The van der Waals surface area contributed by atoms with Crippen molar-refractivity contribution in [3.63, 3.8) is 0 Å². The van der Waals surface area contributed by atoms with Crippen LogP contribution in [-0.4, -0.2) is 65.5 Å². The van der Waals surface area contributed by atoms with Crippen molar-refractivity contribution in [3.8, 4) is 0 Å². The Kier molecular flexibility index (Phi) is 5.37. The number of carboxylic acids is 1. The maximum absolute atomic E-state index is 11.3. The fourth-order valence-electron chi connectivity index (χ4n) is 2.17. The number of hydrogen-bond donors (Lipinski definition) is 6. The van der Waals surface area contributed by atoms with Crippen LogP contribution in [0.5, 0.6) is 0 Å². The zero-order valence-corrected chi connectivity index (χ0v) is 13.4. The Labute approximate surface area is 138 Å². The molecule has 1 aliphatic rings. The summed E-state index contributed by atoms with van der Waals surface area (Å²) in [5.41, 5.74) is -1.39. The summed E-state index contributed by atoms with van der Waals surface area (Å²) >= 11 is 4.85. The lowest BCUT2D eigenvalue weighted by molar-refractivity contribution is -0.0545. The highest BCUT2D eigenvalue weighted by atomic mass is 32.1. The van der Waals surface area contributed by atoms with Crippen molar-refractivity contribution in [3.05, 3.63) is 26.9 Å². The van der Waals surface area contributed by atoms with Crippen LogP contribution in [0, 0.1) is 4.77 Å². The van der Waals surface area contributed by atoms with Crippen LogP contribution in [0.25, 0.3) is 0 Å². The van der Waals surface area contributed by atoms with Crippen LogP contribution in [0.2, 0.25) is 0 Å². The molecule has 0 aromatic carbocycles. The Morgan fingerprint density at radius 1 is 1.42 bits per heavy atom. The zero-order valence-electron chi connectivity index (χ0n) is 11.7. The van der Waals surface area contributed by atoms with Crippen LogP contribution in [0.4, 0.5) is 0 Å². The zero-order chi connectivity index (χ0) is 18.2. The van der Waals surface area contributed by atoms with Crippen molar-refractivity contribution in [1.29, 1.82) is 0 Å². The highest BCUT2D eigenvalue weighted by Gasteiger charge is 2.45. The topological polar surface area (TPSA) is 192 Å². The van der Waals surface area contributed by atoms with Gasteiger partial charge in [0.05, 0.1) is 6.61 Å². The van der Waals surface area contributed by atoms with Crippen LogP contribution in [0.3, 0.4) is 0 Å². The number of hydrogen-bond acceptors (Lipinski definition) is 8. The van der Waals surface area contributed by atoms with Gasteiger partial charge in [0.15, 0.2) is 11.0 Å². The second-order valence-electron chi connectivity index (χ2n) is 4.83. The maximum Gasteiger partial charge on any atom is 0.469 e. The summed E-state index contributed by atoms with van der Waals surface area (Å²) in [5, 5.41) is 29.1. The van der Waals surface area contributed by atoms with Crippen LogP contribution in [-0.2, 0) is 13.8 Å². The number of phosphoric acid groups is 1. The first-order valence-corrected chi connectivity index (χ1v) is 8.26. The third-order valence-corrected chi connectivity index (χ3v) is 3.98. The molecule has 1 aliphatic heterocycles. The number of aromatic nitrogens is 2. The number of aliphatic hydroxyl groups excluding tert-OH is 2. The molecule has 1 fully saturated rings. The Hall–Kier alpha value is -1.44. The maximum atomic E-state index is 11.3. The van der Waals surface area contributed by atoms with Gasteiger partial charge in [-0.25, -0.2) is 9.36 Å². The Morgan fingerprint density at radius 3 is 2.58 bits per heavy atom. The lowest BCUT2D eigenvalue weighted by atomic mass is 10.1. The highest BCUT2D eigenvalue weighted by molar-refractivity contribution is 7.71. The fourth-order valence-corrected chi connectivity index (χ4v) is 2.82. The molecule has 0 aliphatic carbocycles. The van der Waals surface area contributed by atoms with Gasteiger partial charge in [0.25, 0.3) is 5.56 Å². The molecule has 2 rings (SSSR count). The minimum absolute atomic E-state index is 0.382. The van der Waals surface area contributed by atoms with Gasteiger partial charge in [0.1, 0.15) is 24.0 Å². The van der Waals surface area contributed by atoms with Crippen molar-refractivity contribution in [1.82, 2.24) is 9.55 Å². The molecule has 4 atom stereocenters. The normalized spacial score (nSPS) is 27.3. The number of aliphatic hydroxyl groups is 2. The van der Waals surface area contributed by atoms with Gasteiger partial charge in [-0.15, -0.1) is 0 Å². The molecule has 1 aromatic heterocycles. The number of nitrogens with one attached hydrogen (secondary N) is 1. The van der Waals surface area contributed by atoms with Crippen LogP contribution in [0.15, 0.2) is 10.9 Å². The van der Waals surface area contributed by atoms with Crippen molar-refractivity contribution in [2.45, 2.75) is 24.5 Å². The number of phosphoric ester groups is 1. The third-order valence-electron chi connectivity index (χ3n) is 3.19. The predicted octanol–water partition coefficient (Wildman–Crippen LogP) is -1.67. The van der Waals surface area contributed by atoms with Gasteiger partial charge in [-0.05, 0) is 12.2 Å². The van der Waals surface area contributed by atoms with Gasteiger partial charge in [-0.2, -0.15) is 0 Å². The Balaban J connectivity index is 2.37. The van der Waals surface area contributed by atoms with E-state index in [2.05, 4.69) is 9.51 Å². The molecule has 0 spiro atoms. The monoisotopic (exact) mass is 384 g/mol. The molecule has 1 saturated heterocycles. The summed E-state index contributed by atoms with van der Waals surface area (Å²) in [7, 11) is -4.84. The molecule has 24 heavy (non-hydrogen) atoms.